The van der Waals surface area contributed by atoms with E-state index in [4.69, 9.17) is 5.73 Å². The first-order chi connectivity index (χ1) is 16.2. The highest BCUT2D eigenvalue weighted by atomic mass is 19.4. The molecule has 11 heteroatoms. The largest absolute Gasteiger partial charge is 0.408 e. The fraction of sp³-hybridized carbons (Fsp3) is 0.304. The van der Waals surface area contributed by atoms with Crippen LogP contribution in [0.3, 0.4) is 0 Å². The summed E-state index contributed by atoms with van der Waals surface area (Å²) in [5.41, 5.74) is 7.80. The number of hydrogen-bond acceptors (Lipinski definition) is 6. The topological polar surface area (TPSA) is 101 Å². The summed E-state index contributed by atoms with van der Waals surface area (Å²) in [6.07, 6.45) is -2.53. The highest BCUT2D eigenvalue weighted by molar-refractivity contribution is 5.97. The molecular weight excluding hydrogens is 447 g/mol. The number of hydrogen-bond donors (Lipinski definition) is 2. The SMILES string of the molecule is CNC(=O)c1ccc2ccc(-c3nnc4ccc([C@@H](N5CC[C@H](N)C5)C(F)(F)F)cn34)nc2c1. The molecule has 0 bridgehead atoms. The van der Waals surface area contributed by atoms with Crippen molar-refractivity contribution in [3.63, 3.8) is 0 Å². The molecule has 5 rings (SSSR count). The van der Waals surface area contributed by atoms with Gasteiger partial charge in [0, 0.05) is 43.3 Å². The van der Waals surface area contributed by atoms with Gasteiger partial charge in [-0.3, -0.25) is 14.1 Å². The van der Waals surface area contributed by atoms with Crippen LogP contribution < -0.4 is 11.1 Å². The van der Waals surface area contributed by atoms with Crippen LogP contribution in [0.25, 0.3) is 28.1 Å². The van der Waals surface area contributed by atoms with Gasteiger partial charge in [-0.1, -0.05) is 18.2 Å². The summed E-state index contributed by atoms with van der Waals surface area (Å²) < 4.78 is 43.7. The van der Waals surface area contributed by atoms with Crippen LogP contribution in [0.2, 0.25) is 0 Å². The molecule has 0 radical (unpaired) electrons. The number of alkyl halides is 3. The fourth-order valence-electron chi connectivity index (χ4n) is 4.43. The second kappa shape index (κ2) is 8.33. The number of rotatable bonds is 4. The van der Waals surface area contributed by atoms with E-state index in [-0.39, 0.29) is 30.6 Å². The van der Waals surface area contributed by atoms with E-state index in [2.05, 4.69) is 20.5 Å². The maximum atomic E-state index is 14.1. The van der Waals surface area contributed by atoms with Crippen molar-refractivity contribution in [1.82, 2.24) is 29.8 Å². The standard InChI is InChI=1S/C23H22F3N7O/c1-28-22(34)14-3-2-13-4-6-17(29-18(13)10-14)21-31-30-19-7-5-15(11-33(19)21)20(23(24,25)26)32-9-8-16(27)12-32/h2-7,10-11,16,20H,8-9,12,27H2,1H3,(H,28,34)/t16-,20+/m0/s1. The number of carbonyl (C=O) groups is 1. The van der Waals surface area contributed by atoms with E-state index in [1.54, 1.807) is 31.3 Å². The Bertz CT molecular complexity index is 1380. The van der Waals surface area contributed by atoms with Gasteiger partial charge in [-0.15, -0.1) is 10.2 Å². The third kappa shape index (κ3) is 3.97. The summed E-state index contributed by atoms with van der Waals surface area (Å²) >= 11 is 0. The number of pyridine rings is 2. The molecule has 1 aliphatic heterocycles. The molecule has 0 spiro atoms. The summed E-state index contributed by atoms with van der Waals surface area (Å²) in [6.45, 7) is 0.454. The second-order valence-electron chi connectivity index (χ2n) is 8.39. The van der Waals surface area contributed by atoms with Crippen molar-refractivity contribution in [3.05, 3.63) is 59.8 Å². The van der Waals surface area contributed by atoms with E-state index >= 15 is 0 Å². The number of nitrogens with zero attached hydrogens (tertiary/aromatic N) is 5. The number of halogens is 3. The molecule has 4 heterocycles. The summed E-state index contributed by atoms with van der Waals surface area (Å²) in [4.78, 5) is 18.0. The molecule has 1 saturated heterocycles. The lowest BCUT2D eigenvalue weighted by molar-refractivity contribution is -0.183. The smallest absolute Gasteiger partial charge is 0.355 e. The minimum atomic E-state index is -4.47. The van der Waals surface area contributed by atoms with Crippen molar-refractivity contribution in [2.24, 2.45) is 5.73 Å². The number of nitrogens with two attached hydrogens (primary N) is 1. The van der Waals surface area contributed by atoms with Crippen molar-refractivity contribution < 1.29 is 18.0 Å². The molecule has 3 aromatic heterocycles. The van der Waals surface area contributed by atoms with Crippen LogP contribution in [0.4, 0.5) is 13.2 Å². The van der Waals surface area contributed by atoms with Crippen molar-refractivity contribution in [1.29, 1.82) is 0 Å². The molecular formula is C23H22F3N7O. The van der Waals surface area contributed by atoms with Crippen LogP contribution in [-0.2, 0) is 0 Å². The summed E-state index contributed by atoms with van der Waals surface area (Å²) in [5.74, 6) is 0.0645. The lowest BCUT2D eigenvalue weighted by Gasteiger charge is -2.30. The molecule has 0 saturated carbocycles. The number of likely N-dealkylation sites (tertiary alicyclic amines) is 1. The number of benzene rings is 1. The summed E-state index contributed by atoms with van der Waals surface area (Å²) in [6, 6.07) is 9.58. The van der Waals surface area contributed by atoms with Gasteiger partial charge in [-0.25, -0.2) is 4.98 Å². The highest BCUT2D eigenvalue weighted by Gasteiger charge is 2.46. The third-order valence-electron chi connectivity index (χ3n) is 6.08. The first-order valence-corrected chi connectivity index (χ1v) is 10.8. The minimum absolute atomic E-state index is 0.0813. The Morgan fingerprint density at radius 2 is 1.97 bits per heavy atom. The van der Waals surface area contributed by atoms with E-state index < -0.39 is 12.2 Å². The zero-order valence-electron chi connectivity index (χ0n) is 18.3. The number of fused-ring (bicyclic) bond motifs is 2. The molecule has 1 aliphatic rings. The van der Waals surface area contributed by atoms with Crippen LogP contribution in [0, 0.1) is 0 Å². The van der Waals surface area contributed by atoms with Crippen LogP contribution in [0.5, 0.6) is 0 Å². The molecule has 1 aromatic carbocycles. The zero-order chi connectivity index (χ0) is 24.0. The summed E-state index contributed by atoms with van der Waals surface area (Å²) in [5, 5.41) is 11.7. The Labute approximate surface area is 192 Å². The molecule has 8 nitrogen and oxygen atoms in total. The molecule has 0 unspecified atom stereocenters. The number of amides is 1. The van der Waals surface area contributed by atoms with Gasteiger partial charge in [0.05, 0.1) is 5.52 Å². The average molecular weight is 469 g/mol. The molecule has 0 aliphatic carbocycles. The van der Waals surface area contributed by atoms with Crippen LogP contribution in [-0.4, -0.2) is 62.7 Å². The molecule has 3 N–H and O–H groups in total. The van der Waals surface area contributed by atoms with Crippen LogP contribution >= 0.6 is 0 Å². The minimum Gasteiger partial charge on any atom is -0.355 e. The van der Waals surface area contributed by atoms with Gasteiger partial charge in [0.25, 0.3) is 5.91 Å². The predicted octanol–water partition coefficient (Wildman–Crippen LogP) is 2.94. The Balaban J connectivity index is 1.59. The van der Waals surface area contributed by atoms with Gasteiger partial charge in [-0.2, -0.15) is 13.2 Å². The fourth-order valence-corrected chi connectivity index (χ4v) is 4.43. The van der Waals surface area contributed by atoms with Gasteiger partial charge in [0.2, 0.25) is 0 Å². The lowest BCUT2D eigenvalue weighted by atomic mass is 10.1. The Morgan fingerprint density at radius 1 is 1.18 bits per heavy atom. The van der Waals surface area contributed by atoms with Gasteiger partial charge < -0.3 is 11.1 Å². The monoisotopic (exact) mass is 469 g/mol. The number of aromatic nitrogens is 4. The van der Waals surface area contributed by atoms with E-state index in [1.165, 1.54) is 27.6 Å². The molecule has 34 heavy (non-hydrogen) atoms. The lowest BCUT2D eigenvalue weighted by Crippen LogP contribution is -2.38. The average Bonchev–Trinajstić information content (AvgIpc) is 3.43. The first-order valence-electron chi connectivity index (χ1n) is 10.8. The maximum absolute atomic E-state index is 14.1. The molecule has 176 valence electrons. The Morgan fingerprint density at radius 3 is 2.68 bits per heavy atom. The van der Waals surface area contributed by atoms with Crippen LogP contribution in [0.15, 0.2) is 48.7 Å². The van der Waals surface area contributed by atoms with Gasteiger partial charge in [-0.05, 0) is 36.2 Å². The Kier molecular flexibility index (Phi) is 5.45. The van der Waals surface area contributed by atoms with Crippen molar-refractivity contribution in [2.75, 3.05) is 20.1 Å². The van der Waals surface area contributed by atoms with E-state index in [9.17, 15) is 18.0 Å². The van der Waals surface area contributed by atoms with Gasteiger partial charge >= 0.3 is 6.18 Å². The second-order valence-corrected chi connectivity index (χ2v) is 8.39. The quantitative estimate of drug-likeness (QED) is 0.477. The van der Waals surface area contributed by atoms with Gasteiger partial charge in [0.1, 0.15) is 11.7 Å². The van der Waals surface area contributed by atoms with Crippen molar-refractivity contribution >= 4 is 22.5 Å². The summed E-state index contributed by atoms with van der Waals surface area (Å²) in [7, 11) is 1.54. The normalized spacial score (nSPS) is 18.0. The molecule has 4 aromatic rings. The van der Waals surface area contributed by atoms with E-state index in [0.717, 1.165) is 5.39 Å². The van der Waals surface area contributed by atoms with Crippen molar-refractivity contribution in [2.45, 2.75) is 24.7 Å². The van der Waals surface area contributed by atoms with E-state index in [1.807, 2.05) is 6.07 Å². The first kappa shape index (κ1) is 22.2. The molecule has 2 atom stereocenters. The maximum Gasteiger partial charge on any atom is 0.408 e. The van der Waals surface area contributed by atoms with E-state index in [0.29, 0.717) is 34.7 Å². The molecule has 1 amide bonds. The van der Waals surface area contributed by atoms with Crippen LogP contribution in [0.1, 0.15) is 28.4 Å². The number of nitrogens with one attached hydrogen (secondary N) is 1. The highest BCUT2D eigenvalue weighted by Crippen LogP contribution is 2.39. The van der Waals surface area contributed by atoms with Gasteiger partial charge in [0.15, 0.2) is 11.5 Å². The zero-order valence-corrected chi connectivity index (χ0v) is 18.3. The number of carbonyl (C=O) groups excluding carboxylic acids is 1. The predicted molar refractivity (Wildman–Crippen MR) is 120 cm³/mol. The Hall–Kier alpha value is -3.57. The third-order valence-corrected chi connectivity index (χ3v) is 6.08. The van der Waals surface area contributed by atoms with Crippen molar-refractivity contribution in [3.8, 4) is 11.5 Å². The molecule has 1 fully saturated rings.